The Hall–Kier alpha value is -0.760. The smallest absolute Gasteiger partial charge is 0.109 e. The fraction of sp³-hybridized carbons (Fsp3) is 0.667. The van der Waals surface area contributed by atoms with Gasteiger partial charge >= 0.3 is 0 Å². The monoisotopic (exact) mass is 193 g/mol. The maximum Gasteiger partial charge on any atom is 0.109 e. The first-order chi connectivity index (χ1) is 6.48. The second-order valence-corrected chi connectivity index (χ2v) is 5.17. The normalized spacial score (nSPS) is 22.1. The number of furan rings is 1. The molecule has 2 heteroatoms. The molecule has 0 aromatic carbocycles. The molecule has 0 saturated carbocycles. The molecule has 0 radical (unpaired) electrons. The molecule has 1 fully saturated rings. The molecule has 2 heterocycles. The lowest BCUT2D eigenvalue weighted by atomic mass is 9.91. The average molecular weight is 193 g/mol. The van der Waals surface area contributed by atoms with Crippen molar-refractivity contribution >= 4 is 0 Å². The molecular weight excluding hydrogens is 174 g/mol. The summed E-state index contributed by atoms with van der Waals surface area (Å²) < 4.78 is 5.80. The van der Waals surface area contributed by atoms with Crippen LogP contribution >= 0.6 is 0 Å². The van der Waals surface area contributed by atoms with Gasteiger partial charge in [0.25, 0.3) is 0 Å². The lowest BCUT2D eigenvalue weighted by molar-refractivity contribution is 0.368. The van der Waals surface area contributed by atoms with Gasteiger partial charge in [-0.25, -0.2) is 0 Å². The van der Waals surface area contributed by atoms with Crippen molar-refractivity contribution in [3.8, 4) is 0 Å². The van der Waals surface area contributed by atoms with E-state index in [0.29, 0.717) is 6.04 Å². The van der Waals surface area contributed by atoms with Crippen LogP contribution in [0.15, 0.2) is 10.5 Å². The average Bonchev–Trinajstić information content (AvgIpc) is 2.28. The Morgan fingerprint density at radius 2 is 2.07 bits per heavy atom. The number of nitrogens with one attached hydrogen (secondary N) is 1. The van der Waals surface area contributed by atoms with Gasteiger partial charge in [0.1, 0.15) is 11.5 Å². The van der Waals surface area contributed by atoms with Crippen molar-refractivity contribution in [2.75, 3.05) is 6.54 Å². The van der Waals surface area contributed by atoms with Crippen molar-refractivity contribution < 1.29 is 4.42 Å². The minimum Gasteiger partial charge on any atom is -0.465 e. The molecule has 78 valence electrons. The maximum atomic E-state index is 5.80. The van der Waals surface area contributed by atoms with E-state index in [0.717, 1.165) is 18.1 Å². The van der Waals surface area contributed by atoms with Gasteiger partial charge in [-0.05, 0) is 26.0 Å². The molecular formula is C12H19NO. The third-order valence-electron chi connectivity index (χ3n) is 2.89. The summed E-state index contributed by atoms with van der Waals surface area (Å²) in [5, 5.41) is 3.41. The highest BCUT2D eigenvalue weighted by Crippen LogP contribution is 2.33. The van der Waals surface area contributed by atoms with Crippen LogP contribution < -0.4 is 5.32 Å². The predicted octanol–water partition coefficient (Wildman–Crippen LogP) is 2.92. The van der Waals surface area contributed by atoms with E-state index in [1.54, 1.807) is 0 Å². The van der Waals surface area contributed by atoms with Crippen molar-refractivity contribution in [2.24, 2.45) is 0 Å². The van der Waals surface area contributed by atoms with E-state index in [-0.39, 0.29) is 5.41 Å². The first kappa shape index (κ1) is 9.78. The summed E-state index contributed by atoms with van der Waals surface area (Å²) in [4.78, 5) is 0. The first-order valence-corrected chi connectivity index (χ1v) is 5.32. The molecule has 0 bridgehead atoms. The third kappa shape index (κ3) is 1.59. The second kappa shape index (κ2) is 3.13. The highest BCUT2D eigenvalue weighted by Gasteiger charge is 2.26. The van der Waals surface area contributed by atoms with Crippen LogP contribution in [0.1, 0.15) is 50.3 Å². The van der Waals surface area contributed by atoms with E-state index in [4.69, 9.17) is 4.42 Å². The summed E-state index contributed by atoms with van der Waals surface area (Å²) in [6.07, 6.45) is 1.24. The van der Waals surface area contributed by atoms with E-state index in [1.165, 1.54) is 12.0 Å². The summed E-state index contributed by atoms with van der Waals surface area (Å²) in [5.74, 6) is 2.17. The minimum absolute atomic E-state index is 0.118. The first-order valence-electron chi connectivity index (χ1n) is 5.32. The van der Waals surface area contributed by atoms with Gasteiger partial charge in [-0.2, -0.15) is 0 Å². The van der Waals surface area contributed by atoms with E-state index in [2.05, 4.69) is 39.1 Å². The van der Waals surface area contributed by atoms with E-state index in [9.17, 15) is 0 Å². The van der Waals surface area contributed by atoms with E-state index in [1.807, 2.05) is 0 Å². The SMILES string of the molecule is Cc1oc(C(C)(C)C)cc1[C@H]1CCN1. The molecule has 14 heavy (non-hydrogen) atoms. The van der Waals surface area contributed by atoms with Crippen LogP contribution in [0.4, 0.5) is 0 Å². The highest BCUT2D eigenvalue weighted by atomic mass is 16.3. The molecule has 2 nitrogen and oxygen atoms in total. The van der Waals surface area contributed by atoms with Gasteiger partial charge in [0.2, 0.25) is 0 Å². The van der Waals surface area contributed by atoms with Crippen LogP contribution in [0.3, 0.4) is 0 Å². The topological polar surface area (TPSA) is 25.2 Å². The van der Waals surface area contributed by atoms with E-state index >= 15 is 0 Å². The third-order valence-corrected chi connectivity index (χ3v) is 2.89. The van der Waals surface area contributed by atoms with Gasteiger partial charge in [-0.1, -0.05) is 20.8 Å². The number of aryl methyl sites for hydroxylation is 1. The van der Waals surface area contributed by atoms with Gasteiger partial charge < -0.3 is 9.73 Å². The Morgan fingerprint density at radius 1 is 1.43 bits per heavy atom. The molecule has 0 amide bonds. The molecule has 1 N–H and O–H groups in total. The van der Waals surface area contributed by atoms with Crippen LogP contribution in [-0.4, -0.2) is 6.54 Å². The summed E-state index contributed by atoms with van der Waals surface area (Å²) in [6.45, 7) is 9.75. The molecule has 1 aliphatic heterocycles. The molecule has 0 aliphatic carbocycles. The van der Waals surface area contributed by atoms with Crippen LogP contribution in [0, 0.1) is 6.92 Å². The molecule has 0 spiro atoms. The summed E-state index contributed by atoms with van der Waals surface area (Å²) in [5.41, 5.74) is 1.47. The van der Waals surface area contributed by atoms with Gasteiger partial charge in [-0.3, -0.25) is 0 Å². The minimum atomic E-state index is 0.118. The van der Waals surface area contributed by atoms with E-state index < -0.39 is 0 Å². The molecule has 1 aliphatic rings. The molecule has 2 rings (SSSR count). The number of hydrogen-bond donors (Lipinski definition) is 1. The summed E-state index contributed by atoms with van der Waals surface area (Å²) >= 11 is 0. The Morgan fingerprint density at radius 3 is 2.43 bits per heavy atom. The fourth-order valence-corrected chi connectivity index (χ4v) is 1.77. The molecule has 0 unspecified atom stereocenters. The Balaban J connectivity index is 2.29. The molecule has 1 atom stereocenters. The Bertz CT molecular complexity index is 329. The number of rotatable bonds is 1. The lowest BCUT2D eigenvalue weighted by Gasteiger charge is -2.27. The van der Waals surface area contributed by atoms with Crippen LogP contribution in [0.5, 0.6) is 0 Å². The summed E-state index contributed by atoms with van der Waals surface area (Å²) in [6, 6.07) is 2.75. The zero-order valence-electron chi connectivity index (χ0n) is 9.48. The largest absolute Gasteiger partial charge is 0.465 e. The lowest BCUT2D eigenvalue weighted by Crippen LogP contribution is -2.35. The predicted molar refractivity (Wildman–Crippen MR) is 57.5 cm³/mol. The van der Waals surface area contributed by atoms with Crippen LogP contribution in [0.25, 0.3) is 0 Å². The molecule has 1 aromatic heterocycles. The highest BCUT2D eigenvalue weighted by molar-refractivity contribution is 5.28. The van der Waals surface area contributed by atoms with Gasteiger partial charge in [0.05, 0.1) is 0 Å². The molecule has 1 saturated heterocycles. The Kier molecular flexibility index (Phi) is 2.18. The standard InChI is InChI=1S/C12H19NO/c1-8-9(10-5-6-13-10)7-11(14-8)12(2,3)4/h7,10,13H,5-6H2,1-4H3/t10-/m1/s1. The quantitative estimate of drug-likeness (QED) is 0.742. The van der Waals surface area contributed by atoms with Crippen molar-refractivity contribution in [2.45, 2.75) is 45.6 Å². The zero-order chi connectivity index (χ0) is 10.3. The maximum absolute atomic E-state index is 5.80. The van der Waals surface area contributed by atoms with Gasteiger partial charge in [-0.15, -0.1) is 0 Å². The fourth-order valence-electron chi connectivity index (χ4n) is 1.77. The van der Waals surface area contributed by atoms with Crippen molar-refractivity contribution in [3.63, 3.8) is 0 Å². The summed E-state index contributed by atoms with van der Waals surface area (Å²) in [7, 11) is 0. The second-order valence-electron chi connectivity index (χ2n) is 5.17. The van der Waals surface area contributed by atoms with Crippen molar-refractivity contribution in [1.82, 2.24) is 5.32 Å². The zero-order valence-corrected chi connectivity index (χ0v) is 9.48. The van der Waals surface area contributed by atoms with Gasteiger partial charge in [0, 0.05) is 17.0 Å². The molecule has 1 aromatic rings. The van der Waals surface area contributed by atoms with Crippen LogP contribution in [-0.2, 0) is 5.41 Å². The van der Waals surface area contributed by atoms with Crippen molar-refractivity contribution in [1.29, 1.82) is 0 Å². The Labute approximate surface area is 85.7 Å². The van der Waals surface area contributed by atoms with Crippen LogP contribution in [0.2, 0.25) is 0 Å². The van der Waals surface area contributed by atoms with Gasteiger partial charge in [0.15, 0.2) is 0 Å². The number of hydrogen-bond acceptors (Lipinski definition) is 2. The van der Waals surface area contributed by atoms with Crippen molar-refractivity contribution in [3.05, 3.63) is 23.2 Å².